The summed E-state index contributed by atoms with van der Waals surface area (Å²) in [5.74, 6) is 0.219. The zero-order valence-corrected chi connectivity index (χ0v) is 12.7. The second-order valence-electron chi connectivity index (χ2n) is 4.09. The summed E-state index contributed by atoms with van der Waals surface area (Å²) in [6.45, 7) is 1.73. The molecule has 1 aromatic carbocycles. The normalized spacial score (nSPS) is 11.3. The number of benzene rings is 1. The fourth-order valence-electron chi connectivity index (χ4n) is 1.61. The number of halogens is 2. The Bertz CT molecular complexity index is 740. The maximum atomic E-state index is 12.3. The van der Waals surface area contributed by atoms with E-state index < -0.39 is 10.0 Å². The number of nitrogen functional groups attached to an aromatic ring is 1. The van der Waals surface area contributed by atoms with Crippen LogP contribution in [0, 0.1) is 6.92 Å². The highest BCUT2D eigenvalue weighted by Crippen LogP contribution is 2.33. The van der Waals surface area contributed by atoms with Crippen molar-refractivity contribution in [3.05, 3.63) is 46.1 Å². The van der Waals surface area contributed by atoms with Crippen LogP contribution in [-0.2, 0) is 10.0 Å². The lowest BCUT2D eigenvalue weighted by Crippen LogP contribution is -2.16. The van der Waals surface area contributed by atoms with Gasteiger partial charge < -0.3 is 5.73 Å². The van der Waals surface area contributed by atoms with E-state index in [-0.39, 0.29) is 26.4 Å². The van der Waals surface area contributed by atoms with Crippen molar-refractivity contribution in [3.8, 4) is 0 Å². The lowest BCUT2D eigenvalue weighted by molar-refractivity contribution is 0.601. The van der Waals surface area contributed by atoms with Crippen LogP contribution in [0.1, 0.15) is 5.56 Å². The summed E-state index contributed by atoms with van der Waals surface area (Å²) in [7, 11) is -3.95. The van der Waals surface area contributed by atoms with Gasteiger partial charge in [-0.15, -0.1) is 0 Å². The quantitative estimate of drug-likeness (QED) is 0.846. The van der Waals surface area contributed by atoms with Gasteiger partial charge in [0.1, 0.15) is 10.7 Å². The second-order valence-corrected chi connectivity index (χ2v) is 6.52. The first-order chi connectivity index (χ1) is 9.31. The van der Waals surface area contributed by atoms with Gasteiger partial charge in [-0.1, -0.05) is 29.3 Å². The number of nitrogens with zero attached hydrogens (tertiary/aromatic N) is 1. The number of anilines is 2. The van der Waals surface area contributed by atoms with Crippen molar-refractivity contribution in [3.63, 3.8) is 0 Å². The Morgan fingerprint density at radius 2 is 1.85 bits per heavy atom. The third-order valence-electron chi connectivity index (χ3n) is 2.53. The third kappa shape index (κ3) is 2.98. The smallest absolute Gasteiger partial charge is 0.266 e. The molecular weight excluding hydrogens is 321 g/mol. The Balaban J connectivity index is 2.50. The molecule has 3 N–H and O–H groups in total. The Morgan fingerprint density at radius 3 is 2.40 bits per heavy atom. The van der Waals surface area contributed by atoms with Crippen LogP contribution >= 0.6 is 23.2 Å². The maximum Gasteiger partial charge on any atom is 0.266 e. The van der Waals surface area contributed by atoms with Crippen molar-refractivity contribution in [1.29, 1.82) is 0 Å². The van der Waals surface area contributed by atoms with Crippen LogP contribution in [0.15, 0.2) is 35.4 Å². The zero-order chi connectivity index (χ0) is 14.9. The summed E-state index contributed by atoms with van der Waals surface area (Å²) in [6, 6.07) is 6.09. The van der Waals surface area contributed by atoms with Crippen molar-refractivity contribution in [1.82, 2.24) is 4.98 Å². The highest BCUT2D eigenvalue weighted by Gasteiger charge is 2.23. The molecule has 0 bridgehead atoms. The molecular formula is C12H11Cl2N3O2S. The molecule has 0 fully saturated rings. The number of pyridine rings is 1. The number of nitrogens with two attached hydrogens (primary N) is 1. The topological polar surface area (TPSA) is 85.1 Å². The predicted octanol–water partition coefficient (Wildman–Crippen LogP) is 3.08. The molecule has 0 aliphatic rings. The minimum Gasteiger partial charge on any atom is -0.399 e. The Hall–Kier alpha value is -1.50. The molecule has 0 saturated carbocycles. The molecule has 0 saturated heterocycles. The molecule has 0 unspecified atom stereocenters. The summed E-state index contributed by atoms with van der Waals surface area (Å²) in [5, 5.41) is -0.0906. The number of hydrogen-bond acceptors (Lipinski definition) is 4. The minimum atomic E-state index is -3.95. The Labute approximate surface area is 126 Å². The molecule has 2 aromatic rings. The van der Waals surface area contributed by atoms with E-state index in [2.05, 4.69) is 9.71 Å². The molecule has 20 heavy (non-hydrogen) atoms. The number of aryl methyl sites for hydroxylation is 1. The lowest BCUT2D eigenvalue weighted by atomic mass is 10.3. The van der Waals surface area contributed by atoms with Crippen LogP contribution in [0.3, 0.4) is 0 Å². The van der Waals surface area contributed by atoms with Gasteiger partial charge in [0.2, 0.25) is 0 Å². The number of nitrogens with one attached hydrogen (secondary N) is 1. The summed E-state index contributed by atoms with van der Waals surface area (Å²) in [4.78, 5) is 3.74. The first kappa shape index (κ1) is 14.9. The summed E-state index contributed by atoms with van der Waals surface area (Å²) >= 11 is 11.8. The first-order valence-electron chi connectivity index (χ1n) is 5.50. The van der Waals surface area contributed by atoms with Crippen molar-refractivity contribution in [2.75, 3.05) is 10.5 Å². The van der Waals surface area contributed by atoms with Crippen LogP contribution in [0.4, 0.5) is 11.5 Å². The van der Waals surface area contributed by atoms with E-state index in [4.69, 9.17) is 28.9 Å². The Morgan fingerprint density at radius 1 is 1.25 bits per heavy atom. The molecule has 0 atom stereocenters. The van der Waals surface area contributed by atoms with Gasteiger partial charge in [0.05, 0.1) is 10.0 Å². The fraction of sp³-hybridized carbons (Fsp3) is 0.0833. The second kappa shape index (κ2) is 5.47. The van der Waals surface area contributed by atoms with Gasteiger partial charge in [-0.25, -0.2) is 13.4 Å². The van der Waals surface area contributed by atoms with Gasteiger partial charge in [-0.05, 0) is 30.7 Å². The molecule has 0 radical (unpaired) electrons. The highest BCUT2D eigenvalue weighted by atomic mass is 35.5. The van der Waals surface area contributed by atoms with Gasteiger partial charge in [0.25, 0.3) is 10.0 Å². The van der Waals surface area contributed by atoms with Crippen LogP contribution < -0.4 is 10.5 Å². The molecule has 0 aliphatic heterocycles. The zero-order valence-electron chi connectivity index (χ0n) is 10.4. The molecule has 0 amide bonds. The van der Waals surface area contributed by atoms with Gasteiger partial charge >= 0.3 is 0 Å². The standard InChI is InChI=1S/C12H11Cl2N3O2S/c1-7-3-2-4-16-12(7)17-20(18,19)11-9(13)5-8(15)6-10(11)14/h2-6H,15H2,1H3,(H,16,17). The molecule has 5 nitrogen and oxygen atoms in total. The monoisotopic (exact) mass is 331 g/mol. The summed E-state index contributed by atoms with van der Waals surface area (Å²) in [5.41, 5.74) is 6.52. The van der Waals surface area contributed by atoms with E-state index in [0.29, 0.717) is 5.56 Å². The molecule has 1 heterocycles. The first-order valence-corrected chi connectivity index (χ1v) is 7.74. The lowest BCUT2D eigenvalue weighted by Gasteiger charge is -2.12. The van der Waals surface area contributed by atoms with E-state index in [1.165, 1.54) is 18.3 Å². The SMILES string of the molecule is Cc1cccnc1NS(=O)(=O)c1c(Cl)cc(N)cc1Cl. The molecule has 0 spiro atoms. The molecule has 2 rings (SSSR count). The van der Waals surface area contributed by atoms with E-state index >= 15 is 0 Å². The van der Waals surface area contributed by atoms with E-state index in [0.717, 1.165) is 0 Å². The van der Waals surface area contributed by atoms with Crippen LogP contribution in [0.25, 0.3) is 0 Å². The van der Waals surface area contributed by atoms with Crippen LogP contribution in [0.2, 0.25) is 10.0 Å². The van der Waals surface area contributed by atoms with E-state index in [1.807, 2.05) is 0 Å². The minimum absolute atomic E-state index is 0.0453. The van der Waals surface area contributed by atoms with Gasteiger partial charge in [0, 0.05) is 11.9 Å². The van der Waals surface area contributed by atoms with Gasteiger partial charge in [-0.3, -0.25) is 4.72 Å². The summed E-state index contributed by atoms with van der Waals surface area (Å²) < 4.78 is 27.0. The fourth-order valence-corrected chi connectivity index (χ4v) is 3.92. The predicted molar refractivity (Wildman–Crippen MR) is 80.7 cm³/mol. The van der Waals surface area contributed by atoms with Crippen LogP contribution in [-0.4, -0.2) is 13.4 Å². The molecule has 1 aromatic heterocycles. The average molecular weight is 332 g/mol. The molecule has 0 aliphatic carbocycles. The number of aromatic nitrogens is 1. The maximum absolute atomic E-state index is 12.3. The number of sulfonamides is 1. The molecule has 8 heteroatoms. The van der Waals surface area contributed by atoms with Gasteiger partial charge in [-0.2, -0.15) is 0 Å². The van der Waals surface area contributed by atoms with Crippen molar-refractivity contribution >= 4 is 44.7 Å². The number of hydrogen-bond donors (Lipinski definition) is 2. The highest BCUT2D eigenvalue weighted by molar-refractivity contribution is 7.93. The van der Waals surface area contributed by atoms with Gasteiger partial charge in [0.15, 0.2) is 0 Å². The Kier molecular flexibility index (Phi) is 4.08. The third-order valence-corrected chi connectivity index (χ3v) is 4.79. The van der Waals surface area contributed by atoms with E-state index in [1.54, 1.807) is 19.1 Å². The molecule has 106 valence electrons. The summed E-state index contributed by atoms with van der Waals surface area (Å²) in [6.07, 6.45) is 1.48. The number of rotatable bonds is 3. The van der Waals surface area contributed by atoms with Crippen molar-refractivity contribution < 1.29 is 8.42 Å². The van der Waals surface area contributed by atoms with Crippen molar-refractivity contribution in [2.45, 2.75) is 11.8 Å². The average Bonchev–Trinajstić information content (AvgIpc) is 2.30. The van der Waals surface area contributed by atoms with Crippen LogP contribution in [0.5, 0.6) is 0 Å². The van der Waals surface area contributed by atoms with Crippen molar-refractivity contribution in [2.24, 2.45) is 0 Å². The van der Waals surface area contributed by atoms with E-state index in [9.17, 15) is 8.42 Å². The largest absolute Gasteiger partial charge is 0.399 e.